The molecule has 0 saturated carbocycles. The number of carbonyl (C=O) groups excluding carboxylic acids is 1. The Morgan fingerprint density at radius 1 is 1.45 bits per heavy atom. The Labute approximate surface area is 74.8 Å². The van der Waals surface area contributed by atoms with E-state index in [0.29, 0.717) is 26.9 Å². The van der Waals surface area contributed by atoms with Crippen LogP contribution < -0.4 is 0 Å². The Balaban J connectivity index is 2.95. The molecular formula is C8H16O2Se. The van der Waals surface area contributed by atoms with Crippen LogP contribution in [-0.2, 0) is 9.53 Å². The molecule has 0 aliphatic rings. The molecule has 3 heteroatoms. The van der Waals surface area contributed by atoms with Gasteiger partial charge < -0.3 is 0 Å². The summed E-state index contributed by atoms with van der Waals surface area (Å²) in [6, 6.07) is 0. The van der Waals surface area contributed by atoms with Gasteiger partial charge in [-0.15, -0.1) is 0 Å². The molecule has 0 spiro atoms. The molecule has 2 nitrogen and oxygen atoms in total. The number of rotatable bonds is 6. The summed E-state index contributed by atoms with van der Waals surface area (Å²) in [7, 11) is 0. The standard InChI is InChI=1S/C8H16O2Se/c1-3-5-6-11-7-10-8(9)4-2/h3-7H2,1-2H3. The summed E-state index contributed by atoms with van der Waals surface area (Å²) in [5, 5.41) is 1.24. The molecule has 0 rings (SSSR count). The molecule has 0 atom stereocenters. The molecule has 0 unspecified atom stereocenters. The first-order valence-electron chi connectivity index (χ1n) is 4.04. The van der Waals surface area contributed by atoms with Crippen LogP contribution in [0.15, 0.2) is 0 Å². The van der Waals surface area contributed by atoms with Crippen molar-refractivity contribution in [3.05, 3.63) is 0 Å². The Morgan fingerprint density at radius 2 is 2.18 bits per heavy atom. The molecule has 0 bridgehead atoms. The van der Waals surface area contributed by atoms with Crippen LogP contribution >= 0.6 is 0 Å². The van der Waals surface area contributed by atoms with Crippen LogP contribution in [0.25, 0.3) is 0 Å². The first kappa shape index (κ1) is 11.0. The van der Waals surface area contributed by atoms with Crippen LogP contribution in [0.5, 0.6) is 0 Å². The molecule has 0 amide bonds. The van der Waals surface area contributed by atoms with Gasteiger partial charge in [0.25, 0.3) is 0 Å². The molecule has 0 fully saturated rings. The number of hydrogen-bond donors (Lipinski definition) is 0. The van der Waals surface area contributed by atoms with Gasteiger partial charge in [0.15, 0.2) is 0 Å². The summed E-state index contributed by atoms with van der Waals surface area (Å²) in [5.74, 6) is -0.0663. The number of hydrogen-bond acceptors (Lipinski definition) is 2. The Morgan fingerprint density at radius 3 is 2.73 bits per heavy atom. The van der Waals surface area contributed by atoms with Gasteiger partial charge in [0.1, 0.15) is 0 Å². The summed E-state index contributed by atoms with van der Waals surface area (Å²) in [5.41, 5.74) is 0.666. The Bertz CT molecular complexity index is 104. The second-order valence-electron chi connectivity index (χ2n) is 2.25. The van der Waals surface area contributed by atoms with E-state index < -0.39 is 0 Å². The summed E-state index contributed by atoms with van der Waals surface area (Å²) < 4.78 is 4.93. The fraction of sp³-hybridized carbons (Fsp3) is 0.875. The first-order valence-corrected chi connectivity index (χ1v) is 6.46. The quantitative estimate of drug-likeness (QED) is 0.390. The predicted octanol–water partition coefficient (Wildman–Crippen LogP) is 1.82. The number of ether oxygens (including phenoxy) is 1. The molecule has 0 N–H and O–H groups in total. The van der Waals surface area contributed by atoms with Gasteiger partial charge in [0.05, 0.1) is 0 Å². The molecule has 0 heterocycles. The summed E-state index contributed by atoms with van der Waals surface area (Å²) >= 11 is 0.515. The third-order valence-electron chi connectivity index (χ3n) is 1.23. The molecule has 0 aliphatic carbocycles. The zero-order chi connectivity index (χ0) is 8.53. The predicted molar refractivity (Wildman–Crippen MR) is 46.7 cm³/mol. The second-order valence-corrected chi connectivity index (χ2v) is 4.46. The van der Waals surface area contributed by atoms with Crippen LogP contribution in [0.4, 0.5) is 0 Å². The molecule has 0 aromatic heterocycles. The first-order chi connectivity index (χ1) is 5.31. The van der Waals surface area contributed by atoms with E-state index in [9.17, 15) is 4.79 Å². The van der Waals surface area contributed by atoms with Crippen molar-refractivity contribution in [2.24, 2.45) is 0 Å². The Hall–Kier alpha value is -0.0105. The van der Waals surface area contributed by atoms with E-state index in [4.69, 9.17) is 4.74 Å². The second kappa shape index (κ2) is 8.09. The average Bonchev–Trinajstić information content (AvgIpc) is 2.04. The van der Waals surface area contributed by atoms with Crippen molar-refractivity contribution in [2.45, 2.75) is 38.4 Å². The van der Waals surface area contributed by atoms with E-state index >= 15 is 0 Å². The molecule has 0 radical (unpaired) electrons. The summed E-state index contributed by atoms with van der Waals surface area (Å²) in [6.45, 7) is 4.00. The van der Waals surface area contributed by atoms with Gasteiger partial charge in [-0.05, 0) is 0 Å². The van der Waals surface area contributed by atoms with Gasteiger partial charge in [-0.2, -0.15) is 0 Å². The summed E-state index contributed by atoms with van der Waals surface area (Å²) in [4.78, 5) is 10.6. The van der Waals surface area contributed by atoms with Crippen LogP contribution in [-0.4, -0.2) is 26.4 Å². The fourth-order valence-electron chi connectivity index (χ4n) is 0.515. The number of unbranched alkanes of at least 4 members (excludes halogenated alkanes) is 1. The summed E-state index contributed by atoms with van der Waals surface area (Å²) in [6.07, 6.45) is 3.01. The minimum absolute atomic E-state index is 0.0663. The zero-order valence-corrected chi connectivity index (χ0v) is 8.97. The molecule has 0 aromatic rings. The van der Waals surface area contributed by atoms with Crippen molar-refractivity contribution in [3.63, 3.8) is 0 Å². The SMILES string of the molecule is CCCC[Se]COC(=O)CC. The van der Waals surface area contributed by atoms with Crippen LogP contribution in [0, 0.1) is 0 Å². The third kappa shape index (κ3) is 7.89. The van der Waals surface area contributed by atoms with Crippen molar-refractivity contribution in [2.75, 3.05) is 5.51 Å². The van der Waals surface area contributed by atoms with E-state index in [-0.39, 0.29) is 5.97 Å². The third-order valence-corrected chi connectivity index (χ3v) is 3.04. The van der Waals surface area contributed by atoms with Crippen LogP contribution in [0.3, 0.4) is 0 Å². The van der Waals surface area contributed by atoms with Crippen molar-refractivity contribution in [3.8, 4) is 0 Å². The maximum absolute atomic E-state index is 10.6. The normalized spacial score (nSPS) is 9.64. The molecule has 11 heavy (non-hydrogen) atoms. The van der Waals surface area contributed by atoms with E-state index in [2.05, 4.69) is 6.92 Å². The van der Waals surface area contributed by atoms with Gasteiger partial charge in [0, 0.05) is 0 Å². The van der Waals surface area contributed by atoms with Gasteiger partial charge in [0.2, 0.25) is 0 Å². The topological polar surface area (TPSA) is 26.3 Å². The zero-order valence-electron chi connectivity index (χ0n) is 7.26. The van der Waals surface area contributed by atoms with Gasteiger partial charge in [-0.3, -0.25) is 0 Å². The molecule has 0 saturated heterocycles. The molecule has 0 aromatic carbocycles. The maximum atomic E-state index is 10.6. The van der Waals surface area contributed by atoms with Crippen molar-refractivity contribution in [1.29, 1.82) is 0 Å². The average molecular weight is 223 g/mol. The molecule has 66 valence electrons. The number of carbonyl (C=O) groups is 1. The van der Waals surface area contributed by atoms with E-state index in [1.807, 2.05) is 6.92 Å². The van der Waals surface area contributed by atoms with Crippen molar-refractivity contribution < 1.29 is 9.53 Å². The van der Waals surface area contributed by atoms with Gasteiger partial charge in [-0.25, -0.2) is 0 Å². The number of esters is 1. The molecule has 0 aliphatic heterocycles. The van der Waals surface area contributed by atoms with Crippen LogP contribution in [0.2, 0.25) is 5.32 Å². The van der Waals surface area contributed by atoms with Gasteiger partial charge in [-0.1, -0.05) is 0 Å². The van der Waals surface area contributed by atoms with E-state index in [1.54, 1.807) is 0 Å². The van der Waals surface area contributed by atoms with E-state index in [1.165, 1.54) is 18.2 Å². The van der Waals surface area contributed by atoms with Crippen molar-refractivity contribution in [1.82, 2.24) is 0 Å². The molecular weight excluding hydrogens is 207 g/mol. The van der Waals surface area contributed by atoms with Crippen molar-refractivity contribution >= 4 is 20.9 Å². The van der Waals surface area contributed by atoms with Gasteiger partial charge >= 0.3 is 74.4 Å². The van der Waals surface area contributed by atoms with E-state index in [0.717, 1.165) is 0 Å². The minimum atomic E-state index is -0.0663. The van der Waals surface area contributed by atoms with Crippen LogP contribution in [0.1, 0.15) is 33.1 Å². The monoisotopic (exact) mass is 224 g/mol. The Kier molecular flexibility index (Phi) is 8.08. The fourth-order valence-corrected chi connectivity index (χ4v) is 2.25.